The maximum absolute atomic E-state index is 6.13. The molecule has 0 radical (unpaired) electrons. The summed E-state index contributed by atoms with van der Waals surface area (Å²) in [6.07, 6.45) is 2.29. The molecule has 0 spiro atoms. The van der Waals surface area contributed by atoms with Crippen LogP contribution in [0.2, 0.25) is 0 Å². The zero-order valence-electron chi connectivity index (χ0n) is 8.84. The quantitative estimate of drug-likeness (QED) is 0.854. The molecule has 2 aromatic heterocycles. The summed E-state index contributed by atoms with van der Waals surface area (Å²) in [5.74, 6) is 0.926. The van der Waals surface area contributed by atoms with E-state index < -0.39 is 0 Å². The molecule has 0 saturated heterocycles. The van der Waals surface area contributed by atoms with Crippen molar-refractivity contribution < 1.29 is 0 Å². The van der Waals surface area contributed by atoms with Crippen LogP contribution in [0.25, 0.3) is 0 Å². The van der Waals surface area contributed by atoms with Crippen LogP contribution in [0.1, 0.15) is 22.3 Å². The van der Waals surface area contributed by atoms with Gasteiger partial charge in [0, 0.05) is 24.4 Å². The number of thiophene rings is 1. The summed E-state index contributed by atoms with van der Waals surface area (Å²) in [7, 11) is 1.89. The molecule has 2 rings (SSSR count). The van der Waals surface area contributed by atoms with Crippen molar-refractivity contribution in [2.45, 2.75) is 19.4 Å². The molecule has 1 unspecified atom stereocenters. The van der Waals surface area contributed by atoms with Gasteiger partial charge in [-0.15, -0.1) is 11.3 Å². The number of nitrogens with two attached hydrogens (primary N) is 1. The van der Waals surface area contributed by atoms with Gasteiger partial charge in [-0.25, -0.2) is 4.98 Å². The summed E-state index contributed by atoms with van der Waals surface area (Å²) in [5.41, 5.74) is 7.39. The first-order chi connectivity index (χ1) is 7.18. The van der Waals surface area contributed by atoms with Crippen LogP contribution in [-0.2, 0) is 13.5 Å². The predicted molar refractivity (Wildman–Crippen MR) is 60.7 cm³/mol. The zero-order chi connectivity index (χ0) is 10.8. The predicted octanol–water partition coefficient (Wildman–Crippen LogP) is 1.43. The summed E-state index contributed by atoms with van der Waals surface area (Å²) in [5, 5.41) is 6.10. The maximum Gasteiger partial charge on any atom is 0.138 e. The first-order valence-corrected chi connectivity index (χ1v) is 5.69. The minimum Gasteiger partial charge on any atom is -0.323 e. The molecule has 4 nitrogen and oxygen atoms in total. The Balaban J connectivity index is 2.14. The second kappa shape index (κ2) is 4.12. The van der Waals surface area contributed by atoms with Gasteiger partial charge in [0.2, 0.25) is 0 Å². The highest BCUT2D eigenvalue weighted by Gasteiger charge is 2.13. The molecule has 0 fully saturated rings. The fourth-order valence-electron chi connectivity index (χ4n) is 1.56. The molecule has 0 aliphatic carbocycles. The molecule has 0 saturated carbocycles. The number of rotatable bonds is 3. The van der Waals surface area contributed by atoms with Crippen molar-refractivity contribution in [3.8, 4) is 0 Å². The number of hydrogen-bond acceptors (Lipinski definition) is 4. The van der Waals surface area contributed by atoms with E-state index in [9.17, 15) is 0 Å². The molecular formula is C10H14N4S. The van der Waals surface area contributed by atoms with Crippen LogP contribution >= 0.6 is 11.3 Å². The molecule has 0 aliphatic rings. The van der Waals surface area contributed by atoms with E-state index in [4.69, 9.17) is 5.73 Å². The van der Waals surface area contributed by atoms with Crippen molar-refractivity contribution in [3.63, 3.8) is 0 Å². The van der Waals surface area contributed by atoms with Gasteiger partial charge in [0.25, 0.3) is 0 Å². The average Bonchev–Trinajstić information content (AvgIpc) is 2.76. The van der Waals surface area contributed by atoms with E-state index in [1.807, 2.05) is 7.05 Å². The summed E-state index contributed by atoms with van der Waals surface area (Å²) in [6, 6.07) is 2.11. The van der Waals surface area contributed by atoms with E-state index in [2.05, 4.69) is 28.5 Å². The third-order valence-electron chi connectivity index (χ3n) is 2.45. The van der Waals surface area contributed by atoms with Gasteiger partial charge in [-0.2, -0.15) is 5.10 Å². The Morgan fingerprint density at radius 1 is 1.60 bits per heavy atom. The van der Waals surface area contributed by atoms with Crippen LogP contribution in [0, 0.1) is 6.92 Å². The Hall–Kier alpha value is -1.20. The molecule has 2 N–H and O–H groups in total. The number of aromatic nitrogens is 3. The van der Waals surface area contributed by atoms with E-state index in [-0.39, 0.29) is 6.04 Å². The van der Waals surface area contributed by atoms with Crippen molar-refractivity contribution in [1.82, 2.24) is 14.8 Å². The van der Waals surface area contributed by atoms with Crippen molar-refractivity contribution in [1.29, 1.82) is 0 Å². The van der Waals surface area contributed by atoms with Gasteiger partial charge in [0.15, 0.2) is 0 Å². The fourth-order valence-corrected chi connectivity index (χ4v) is 2.49. The van der Waals surface area contributed by atoms with E-state index in [0.29, 0.717) is 0 Å². The fraction of sp³-hybridized carbons (Fsp3) is 0.400. The normalized spacial score (nSPS) is 13.0. The van der Waals surface area contributed by atoms with E-state index >= 15 is 0 Å². The van der Waals surface area contributed by atoms with Gasteiger partial charge in [-0.1, -0.05) is 0 Å². The Morgan fingerprint density at radius 3 is 2.93 bits per heavy atom. The molecule has 2 heterocycles. The zero-order valence-corrected chi connectivity index (χ0v) is 9.66. The molecule has 1 atom stereocenters. The minimum absolute atomic E-state index is 0.0212. The maximum atomic E-state index is 6.13. The first kappa shape index (κ1) is 10.3. The van der Waals surface area contributed by atoms with Crippen molar-refractivity contribution in [2.24, 2.45) is 12.8 Å². The molecule has 0 bridgehead atoms. The molecule has 0 aromatic carbocycles. The van der Waals surface area contributed by atoms with Crippen LogP contribution in [0.3, 0.4) is 0 Å². The second-order valence-electron chi connectivity index (χ2n) is 3.58. The average molecular weight is 222 g/mol. The van der Waals surface area contributed by atoms with Crippen molar-refractivity contribution in [2.75, 3.05) is 0 Å². The van der Waals surface area contributed by atoms with Gasteiger partial charge in [0.1, 0.15) is 12.2 Å². The van der Waals surface area contributed by atoms with Crippen LogP contribution in [0.4, 0.5) is 0 Å². The van der Waals surface area contributed by atoms with E-state index in [1.165, 1.54) is 10.4 Å². The SMILES string of the molecule is Cc1ccsc1C(N)Cc1ncnn1C. The molecule has 2 aromatic rings. The molecule has 15 heavy (non-hydrogen) atoms. The first-order valence-electron chi connectivity index (χ1n) is 4.81. The largest absolute Gasteiger partial charge is 0.323 e. The molecule has 0 amide bonds. The van der Waals surface area contributed by atoms with Crippen LogP contribution in [0.5, 0.6) is 0 Å². The Bertz CT molecular complexity index is 446. The lowest BCUT2D eigenvalue weighted by Crippen LogP contribution is -2.15. The third kappa shape index (κ3) is 2.08. The summed E-state index contributed by atoms with van der Waals surface area (Å²) >= 11 is 1.70. The smallest absolute Gasteiger partial charge is 0.138 e. The summed E-state index contributed by atoms with van der Waals surface area (Å²) in [6.45, 7) is 2.09. The lowest BCUT2D eigenvalue weighted by molar-refractivity contribution is 0.634. The minimum atomic E-state index is 0.0212. The number of hydrogen-bond donors (Lipinski definition) is 1. The summed E-state index contributed by atoms with van der Waals surface area (Å²) < 4.78 is 1.77. The number of aryl methyl sites for hydroxylation is 2. The van der Waals surface area contributed by atoms with E-state index in [0.717, 1.165) is 12.2 Å². The Labute approximate surface area is 92.8 Å². The number of nitrogens with zero attached hydrogens (tertiary/aromatic N) is 3. The molecule has 5 heteroatoms. The van der Waals surface area contributed by atoms with Crippen molar-refractivity contribution >= 4 is 11.3 Å². The third-order valence-corrected chi connectivity index (χ3v) is 3.60. The van der Waals surface area contributed by atoms with Crippen molar-refractivity contribution in [3.05, 3.63) is 34.0 Å². The van der Waals surface area contributed by atoms with Crippen LogP contribution < -0.4 is 5.73 Å². The Morgan fingerprint density at radius 2 is 2.40 bits per heavy atom. The second-order valence-corrected chi connectivity index (χ2v) is 4.53. The highest BCUT2D eigenvalue weighted by atomic mass is 32.1. The topological polar surface area (TPSA) is 56.7 Å². The van der Waals surface area contributed by atoms with Crippen LogP contribution in [-0.4, -0.2) is 14.8 Å². The van der Waals surface area contributed by atoms with Gasteiger partial charge in [-0.3, -0.25) is 4.68 Å². The van der Waals surface area contributed by atoms with Gasteiger partial charge < -0.3 is 5.73 Å². The van der Waals surface area contributed by atoms with Gasteiger partial charge >= 0.3 is 0 Å². The highest BCUT2D eigenvalue weighted by Crippen LogP contribution is 2.24. The lowest BCUT2D eigenvalue weighted by Gasteiger charge is -2.10. The molecular weight excluding hydrogens is 208 g/mol. The Kier molecular flexibility index (Phi) is 2.83. The lowest BCUT2D eigenvalue weighted by atomic mass is 10.1. The van der Waals surface area contributed by atoms with Gasteiger partial charge in [-0.05, 0) is 23.9 Å². The summed E-state index contributed by atoms with van der Waals surface area (Å²) in [4.78, 5) is 5.41. The molecule has 0 aliphatic heterocycles. The monoisotopic (exact) mass is 222 g/mol. The highest BCUT2D eigenvalue weighted by molar-refractivity contribution is 7.10. The van der Waals surface area contributed by atoms with E-state index in [1.54, 1.807) is 22.3 Å². The molecule has 80 valence electrons. The standard InChI is InChI=1S/C10H14N4S/c1-7-3-4-15-10(7)8(11)5-9-12-6-13-14(9)2/h3-4,6,8H,5,11H2,1-2H3. The van der Waals surface area contributed by atoms with Gasteiger partial charge in [0.05, 0.1) is 0 Å². The van der Waals surface area contributed by atoms with Crippen LogP contribution in [0.15, 0.2) is 17.8 Å².